The monoisotopic (exact) mass is 377 g/mol. The molecular formula is C23H20FNOS. The number of carbonyl (C=O) groups excluding carboxylic acids is 1. The Bertz CT molecular complexity index is 876. The highest BCUT2D eigenvalue weighted by molar-refractivity contribution is 7.99. The van der Waals surface area contributed by atoms with E-state index in [1.54, 1.807) is 23.9 Å². The fourth-order valence-corrected chi connectivity index (χ4v) is 4.85. The van der Waals surface area contributed by atoms with Crippen LogP contribution < -0.4 is 0 Å². The van der Waals surface area contributed by atoms with E-state index in [0.717, 1.165) is 16.9 Å². The molecule has 3 aromatic carbocycles. The summed E-state index contributed by atoms with van der Waals surface area (Å²) in [4.78, 5) is 15.5. The molecule has 1 heterocycles. The second-order valence-corrected chi connectivity index (χ2v) is 7.72. The third kappa shape index (κ3) is 3.62. The van der Waals surface area contributed by atoms with Crippen LogP contribution in [-0.2, 0) is 4.79 Å². The van der Waals surface area contributed by atoms with Crippen LogP contribution in [0.5, 0.6) is 0 Å². The zero-order valence-corrected chi connectivity index (χ0v) is 15.6. The van der Waals surface area contributed by atoms with Gasteiger partial charge in [0.25, 0.3) is 0 Å². The lowest BCUT2D eigenvalue weighted by atomic mass is 9.90. The van der Waals surface area contributed by atoms with Crippen molar-refractivity contribution in [3.63, 3.8) is 0 Å². The molecule has 4 rings (SSSR count). The Balaban J connectivity index is 1.72. The van der Waals surface area contributed by atoms with E-state index in [4.69, 9.17) is 0 Å². The first-order valence-electron chi connectivity index (χ1n) is 9.02. The summed E-state index contributed by atoms with van der Waals surface area (Å²) in [6, 6.07) is 26.4. The lowest BCUT2D eigenvalue weighted by Gasteiger charge is -2.29. The zero-order chi connectivity index (χ0) is 18.6. The standard InChI is InChI=1S/C23H20FNOS/c24-20-14-8-7-13-19(20)23-25(15-16-27-23)22(26)21(17-9-3-1-4-10-17)18-11-5-2-6-12-18/h1-14,21,23H,15-16H2/t23-/m0/s1. The lowest BCUT2D eigenvalue weighted by molar-refractivity contribution is -0.132. The molecule has 1 aliphatic rings. The number of hydrogen-bond acceptors (Lipinski definition) is 2. The van der Waals surface area contributed by atoms with Crippen molar-refractivity contribution in [3.05, 3.63) is 107 Å². The number of benzene rings is 3. The van der Waals surface area contributed by atoms with Crippen molar-refractivity contribution >= 4 is 17.7 Å². The first-order valence-corrected chi connectivity index (χ1v) is 10.1. The van der Waals surface area contributed by atoms with Crippen LogP contribution in [0.2, 0.25) is 0 Å². The molecule has 0 radical (unpaired) electrons. The smallest absolute Gasteiger partial charge is 0.235 e. The minimum absolute atomic E-state index is 0.0191. The van der Waals surface area contributed by atoms with Crippen LogP contribution in [0.15, 0.2) is 84.9 Å². The highest BCUT2D eigenvalue weighted by Gasteiger charge is 2.36. The SMILES string of the molecule is O=C(C(c1ccccc1)c1ccccc1)N1CCS[C@H]1c1ccccc1F. The van der Waals surface area contributed by atoms with Gasteiger partial charge in [0.15, 0.2) is 0 Å². The number of rotatable bonds is 4. The second-order valence-electron chi connectivity index (χ2n) is 6.53. The molecule has 136 valence electrons. The van der Waals surface area contributed by atoms with Crippen molar-refractivity contribution < 1.29 is 9.18 Å². The Morgan fingerprint density at radius 2 is 1.44 bits per heavy atom. The fraction of sp³-hybridized carbons (Fsp3) is 0.174. The third-order valence-corrected chi connectivity index (χ3v) is 6.10. The van der Waals surface area contributed by atoms with Crippen molar-refractivity contribution in [2.75, 3.05) is 12.3 Å². The number of carbonyl (C=O) groups is 1. The van der Waals surface area contributed by atoms with Crippen molar-refractivity contribution in [2.24, 2.45) is 0 Å². The number of amides is 1. The molecule has 4 heteroatoms. The lowest BCUT2D eigenvalue weighted by Crippen LogP contribution is -2.35. The molecule has 0 bridgehead atoms. The maximum absolute atomic E-state index is 14.4. The summed E-state index contributed by atoms with van der Waals surface area (Å²) in [5.74, 6) is 0.179. The minimum Gasteiger partial charge on any atom is -0.325 e. The normalized spacial score (nSPS) is 16.7. The van der Waals surface area contributed by atoms with Crippen LogP contribution in [0.25, 0.3) is 0 Å². The largest absolute Gasteiger partial charge is 0.325 e. The van der Waals surface area contributed by atoms with Gasteiger partial charge in [-0.15, -0.1) is 11.8 Å². The quantitative estimate of drug-likeness (QED) is 0.620. The molecule has 1 saturated heterocycles. The van der Waals surface area contributed by atoms with Crippen molar-refractivity contribution in [2.45, 2.75) is 11.3 Å². The summed E-state index contributed by atoms with van der Waals surface area (Å²) in [6.45, 7) is 0.624. The maximum Gasteiger partial charge on any atom is 0.235 e. The average molecular weight is 377 g/mol. The first-order chi connectivity index (χ1) is 13.3. The van der Waals surface area contributed by atoms with Gasteiger partial charge >= 0.3 is 0 Å². The van der Waals surface area contributed by atoms with E-state index in [1.165, 1.54) is 6.07 Å². The second kappa shape index (κ2) is 7.97. The molecular weight excluding hydrogens is 357 g/mol. The number of nitrogens with zero attached hydrogens (tertiary/aromatic N) is 1. The van der Waals surface area contributed by atoms with Gasteiger partial charge in [0, 0.05) is 17.9 Å². The molecule has 0 aliphatic carbocycles. The summed E-state index contributed by atoms with van der Waals surface area (Å²) in [6.07, 6.45) is 0. The fourth-order valence-electron chi connectivity index (χ4n) is 3.56. The molecule has 27 heavy (non-hydrogen) atoms. The summed E-state index contributed by atoms with van der Waals surface area (Å²) in [7, 11) is 0. The number of halogens is 1. The van der Waals surface area contributed by atoms with Gasteiger partial charge < -0.3 is 4.90 Å². The third-order valence-electron chi connectivity index (χ3n) is 4.86. The van der Waals surface area contributed by atoms with E-state index in [9.17, 15) is 9.18 Å². The molecule has 2 nitrogen and oxygen atoms in total. The van der Waals surface area contributed by atoms with Gasteiger partial charge in [-0.25, -0.2) is 4.39 Å². The molecule has 0 unspecified atom stereocenters. The first kappa shape index (κ1) is 17.8. The van der Waals surface area contributed by atoms with E-state index < -0.39 is 0 Å². The van der Waals surface area contributed by atoms with Crippen molar-refractivity contribution in [3.8, 4) is 0 Å². The summed E-state index contributed by atoms with van der Waals surface area (Å²) >= 11 is 1.62. The molecule has 0 saturated carbocycles. The maximum atomic E-state index is 14.4. The topological polar surface area (TPSA) is 20.3 Å². The van der Waals surface area contributed by atoms with Crippen LogP contribution in [-0.4, -0.2) is 23.1 Å². The van der Waals surface area contributed by atoms with Gasteiger partial charge in [-0.1, -0.05) is 78.9 Å². The Morgan fingerprint density at radius 1 is 0.889 bits per heavy atom. The van der Waals surface area contributed by atoms with E-state index in [0.29, 0.717) is 12.1 Å². The Morgan fingerprint density at radius 3 is 2.04 bits per heavy atom. The van der Waals surface area contributed by atoms with E-state index >= 15 is 0 Å². The minimum atomic E-state index is -0.389. The molecule has 1 aliphatic heterocycles. The van der Waals surface area contributed by atoms with Crippen LogP contribution in [0.1, 0.15) is 28.0 Å². The number of hydrogen-bond donors (Lipinski definition) is 0. The van der Waals surface area contributed by atoms with Gasteiger partial charge in [-0.2, -0.15) is 0 Å². The van der Waals surface area contributed by atoms with Gasteiger partial charge in [-0.05, 0) is 17.2 Å². The Hall–Kier alpha value is -2.59. The van der Waals surface area contributed by atoms with Gasteiger partial charge in [0.05, 0.1) is 5.92 Å². The van der Waals surface area contributed by atoms with E-state index in [1.807, 2.05) is 71.6 Å². The molecule has 0 N–H and O–H groups in total. The van der Waals surface area contributed by atoms with Crippen LogP contribution in [0, 0.1) is 5.82 Å². The molecule has 3 aromatic rings. The highest BCUT2D eigenvalue weighted by Crippen LogP contribution is 2.41. The van der Waals surface area contributed by atoms with E-state index in [2.05, 4.69) is 0 Å². The number of thioether (sulfide) groups is 1. The Labute approximate surface area is 163 Å². The van der Waals surface area contributed by atoms with Crippen LogP contribution in [0.3, 0.4) is 0 Å². The molecule has 1 atom stereocenters. The Kier molecular flexibility index (Phi) is 5.26. The van der Waals surface area contributed by atoms with Crippen molar-refractivity contribution in [1.82, 2.24) is 4.90 Å². The van der Waals surface area contributed by atoms with Crippen molar-refractivity contribution in [1.29, 1.82) is 0 Å². The zero-order valence-electron chi connectivity index (χ0n) is 14.8. The molecule has 0 spiro atoms. The molecule has 1 amide bonds. The summed E-state index contributed by atoms with van der Waals surface area (Å²) < 4.78 is 14.4. The average Bonchev–Trinajstić information content (AvgIpc) is 3.20. The summed E-state index contributed by atoms with van der Waals surface area (Å²) in [5.41, 5.74) is 2.49. The van der Waals surface area contributed by atoms with Gasteiger partial charge in [0.2, 0.25) is 5.91 Å². The highest BCUT2D eigenvalue weighted by atomic mass is 32.2. The predicted octanol–water partition coefficient (Wildman–Crippen LogP) is 5.23. The molecule has 0 aromatic heterocycles. The van der Waals surface area contributed by atoms with Crippen LogP contribution >= 0.6 is 11.8 Å². The van der Waals surface area contributed by atoms with E-state index in [-0.39, 0.29) is 23.0 Å². The summed E-state index contributed by atoms with van der Waals surface area (Å²) in [5, 5.41) is -0.284. The van der Waals surface area contributed by atoms with Gasteiger partial charge in [0.1, 0.15) is 11.2 Å². The van der Waals surface area contributed by atoms with Crippen LogP contribution in [0.4, 0.5) is 4.39 Å². The predicted molar refractivity (Wildman–Crippen MR) is 108 cm³/mol. The molecule has 1 fully saturated rings. The van der Waals surface area contributed by atoms with Gasteiger partial charge in [-0.3, -0.25) is 4.79 Å².